The minimum atomic E-state index is -4.90. The Bertz CT molecular complexity index is 757. The van der Waals surface area contributed by atoms with Crippen LogP contribution in [0.15, 0.2) is 0 Å². The highest BCUT2D eigenvalue weighted by atomic mass is 32.2. The van der Waals surface area contributed by atoms with Gasteiger partial charge in [-0.05, 0) is 0 Å². The second-order valence-corrected chi connectivity index (χ2v) is 6.23. The number of carbonyl (C=O) groups is 6. The summed E-state index contributed by atoms with van der Waals surface area (Å²) in [6.45, 7) is -0.228. The van der Waals surface area contributed by atoms with E-state index in [1.807, 2.05) is 0 Å². The van der Waals surface area contributed by atoms with Gasteiger partial charge in [0.2, 0.25) is 0 Å². The molecule has 2 heterocycles. The fourth-order valence-electron chi connectivity index (χ4n) is 2.01. The van der Waals surface area contributed by atoms with Crippen LogP contribution in [0.25, 0.3) is 0 Å². The Morgan fingerprint density at radius 3 is 2.17 bits per heavy atom. The maximum atomic E-state index is 11.8. The van der Waals surface area contributed by atoms with Gasteiger partial charge in [0.05, 0.1) is 12.8 Å². The van der Waals surface area contributed by atoms with Crippen molar-refractivity contribution in [2.45, 2.75) is 18.1 Å². The zero-order valence-electron chi connectivity index (χ0n) is 11.5. The van der Waals surface area contributed by atoms with Crippen molar-refractivity contribution in [1.29, 1.82) is 0 Å². The lowest BCUT2D eigenvalue weighted by molar-refractivity contribution is -0.202. The molecule has 2 fully saturated rings. The number of nitrogens with zero attached hydrogens (tertiary/aromatic N) is 2. The molecule has 4 amide bonds. The van der Waals surface area contributed by atoms with Crippen molar-refractivity contribution in [3.05, 3.63) is 0 Å². The first kappa shape index (κ1) is 17.5. The molecule has 0 aliphatic carbocycles. The first-order valence-corrected chi connectivity index (χ1v) is 7.60. The highest BCUT2D eigenvalue weighted by molar-refractivity contribution is 7.87. The minimum Gasteiger partial charge on any atom is -0.334 e. The van der Waals surface area contributed by atoms with E-state index >= 15 is 0 Å². The fraction of sp³-hybridized carbons (Fsp3) is 0.400. The number of hydroxylamine groups is 4. The number of imide groups is 2. The molecule has 14 heteroatoms. The highest BCUT2D eigenvalue weighted by Gasteiger charge is 2.51. The van der Waals surface area contributed by atoms with Crippen molar-refractivity contribution < 1.29 is 51.4 Å². The Labute approximate surface area is 132 Å². The van der Waals surface area contributed by atoms with Crippen molar-refractivity contribution in [2.24, 2.45) is 5.92 Å². The van der Waals surface area contributed by atoms with Crippen LogP contribution in [0.2, 0.25) is 0 Å². The summed E-state index contributed by atoms with van der Waals surface area (Å²) in [6.07, 6.45) is -1.70. The first-order valence-electron chi connectivity index (χ1n) is 6.10. The molecular formula is C10H8N2O11S. The molecule has 2 aliphatic rings. The Kier molecular flexibility index (Phi) is 4.35. The highest BCUT2D eigenvalue weighted by Crippen LogP contribution is 2.24. The predicted molar refractivity (Wildman–Crippen MR) is 65.0 cm³/mol. The van der Waals surface area contributed by atoms with E-state index in [-0.39, 0.29) is 16.6 Å². The molecule has 2 aliphatic heterocycles. The van der Waals surface area contributed by atoms with Gasteiger partial charge < -0.3 is 9.68 Å². The van der Waals surface area contributed by atoms with Gasteiger partial charge in [0.25, 0.3) is 33.7 Å². The lowest BCUT2D eigenvalue weighted by atomic mass is 10.1. The van der Waals surface area contributed by atoms with E-state index in [2.05, 4.69) is 9.68 Å². The van der Waals surface area contributed by atoms with E-state index in [1.54, 1.807) is 0 Å². The lowest BCUT2D eigenvalue weighted by Gasteiger charge is -2.15. The largest absolute Gasteiger partial charge is 0.346 e. The average Bonchev–Trinajstić information content (AvgIpc) is 2.91. The normalized spacial score (nSPS) is 24.5. The molecule has 2 rings (SSSR count). The van der Waals surface area contributed by atoms with Gasteiger partial charge in [-0.25, -0.2) is 4.79 Å². The van der Waals surface area contributed by atoms with Gasteiger partial charge in [0, 0.05) is 0 Å². The second kappa shape index (κ2) is 5.97. The summed E-state index contributed by atoms with van der Waals surface area (Å²) in [5, 5.41) is -2.33. The van der Waals surface area contributed by atoms with Crippen molar-refractivity contribution >= 4 is 46.2 Å². The zero-order chi connectivity index (χ0) is 18.2. The van der Waals surface area contributed by atoms with E-state index in [0.29, 0.717) is 0 Å². The molecule has 0 saturated carbocycles. The summed E-state index contributed by atoms with van der Waals surface area (Å²) >= 11 is 0. The summed E-state index contributed by atoms with van der Waals surface area (Å²) in [5.74, 6) is -8.36. The number of carbonyl (C=O) groups excluding carboxylic acids is 6. The van der Waals surface area contributed by atoms with Crippen molar-refractivity contribution in [2.75, 3.05) is 0 Å². The van der Waals surface area contributed by atoms with Crippen LogP contribution < -0.4 is 0 Å². The molecule has 1 N–H and O–H groups in total. The first-order chi connectivity index (χ1) is 11.1. The molecule has 0 bridgehead atoms. The summed E-state index contributed by atoms with van der Waals surface area (Å²) in [7, 11) is -4.90. The van der Waals surface area contributed by atoms with Gasteiger partial charge in [0.1, 0.15) is 0 Å². The van der Waals surface area contributed by atoms with Gasteiger partial charge in [-0.15, -0.1) is 10.1 Å². The van der Waals surface area contributed by atoms with Gasteiger partial charge in [-0.3, -0.25) is 28.5 Å². The van der Waals surface area contributed by atoms with E-state index in [4.69, 9.17) is 4.55 Å². The van der Waals surface area contributed by atoms with Crippen LogP contribution in [0, 0.1) is 5.92 Å². The van der Waals surface area contributed by atoms with Gasteiger partial charge in [-0.2, -0.15) is 8.42 Å². The Hall–Kier alpha value is -2.87. The molecule has 0 spiro atoms. The molecule has 2 unspecified atom stereocenters. The number of hydrogen-bond donors (Lipinski definition) is 1. The van der Waals surface area contributed by atoms with E-state index in [0.717, 1.165) is 0 Å². The molecule has 130 valence electrons. The standard InChI is InChI=1S/C10H8N2O11S/c13-3-22-11-6(14)1-4(8(11)16)10(18)23-12-7(15)2-5(9(12)17)24(19,20)21/h3-5H,1-2H2,(H,19,20,21). The molecule has 13 nitrogen and oxygen atoms in total. The van der Waals surface area contributed by atoms with E-state index < -0.39 is 63.7 Å². The third-order valence-electron chi connectivity index (χ3n) is 3.14. The number of rotatable bonds is 5. The predicted octanol–water partition coefficient (Wildman–Crippen LogP) is -3.08. The number of hydrogen-bond acceptors (Lipinski definition) is 10. The molecular weight excluding hydrogens is 356 g/mol. The Morgan fingerprint density at radius 1 is 1.08 bits per heavy atom. The fourth-order valence-corrected chi connectivity index (χ4v) is 2.72. The maximum Gasteiger partial charge on any atom is 0.346 e. The summed E-state index contributed by atoms with van der Waals surface area (Å²) in [5.41, 5.74) is 0. The van der Waals surface area contributed by atoms with Gasteiger partial charge in [0.15, 0.2) is 11.2 Å². The Morgan fingerprint density at radius 2 is 1.67 bits per heavy atom. The van der Waals surface area contributed by atoms with Crippen molar-refractivity contribution in [3.63, 3.8) is 0 Å². The third kappa shape index (κ3) is 2.95. The number of amides is 4. The van der Waals surface area contributed by atoms with Gasteiger partial charge in [-0.1, -0.05) is 0 Å². The summed E-state index contributed by atoms with van der Waals surface area (Å²) < 4.78 is 30.7. The van der Waals surface area contributed by atoms with Crippen LogP contribution in [-0.2, 0) is 48.6 Å². The third-order valence-corrected chi connectivity index (χ3v) is 4.23. The Balaban J connectivity index is 2.12. The topological polar surface area (TPSA) is 182 Å². The van der Waals surface area contributed by atoms with Crippen LogP contribution in [0.4, 0.5) is 0 Å². The SMILES string of the molecule is O=CON1C(=O)CC(C(=O)ON2C(=O)CC(S(=O)(=O)O)C2=O)C1=O. The lowest BCUT2D eigenvalue weighted by Crippen LogP contribution is -2.40. The summed E-state index contributed by atoms with van der Waals surface area (Å²) in [4.78, 5) is 76.7. The van der Waals surface area contributed by atoms with Crippen LogP contribution in [0.3, 0.4) is 0 Å². The van der Waals surface area contributed by atoms with Gasteiger partial charge >= 0.3 is 12.4 Å². The van der Waals surface area contributed by atoms with Crippen molar-refractivity contribution in [3.8, 4) is 0 Å². The van der Waals surface area contributed by atoms with Crippen LogP contribution in [0.1, 0.15) is 12.8 Å². The molecule has 2 atom stereocenters. The molecule has 24 heavy (non-hydrogen) atoms. The molecule has 2 saturated heterocycles. The van der Waals surface area contributed by atoms with E-state index in [1.165, 1.54) is 0 Å². The average molecular weight is 364 g/mol. The molecule has 0 radical (unpaired) electrons. The second-order valence-electron chi connectivity index (χ2n) is 4.63. The van der Waals surface area contributed by atoms with Crippen molar-refractivity contribution in [1.82, 2.24) is 10.1 Å². The molecule has 0 aromatic heterocycles. The minimum absolute atomic E-state index is 0.00748. The molecule has 0 aromatic rings. The summed E-state index contributed by atoms with van der Waals surface area (Å²) in [6, 6.07) is 0. The van der Waals surface area contributed by atoms with Crippen LogP contribution in [0.5, 0.6) is 0 Å². The monoisotopic (exact) mass is 364 g/mol. The van der Waals surface area contributed by atoms with E-state index in [9.17, 15) is 37.2 Å². The maximum absolute atomic E-state index is 11.8. The van der Waals surface area contributed by atoms with Crippen LogP contribution >= 0.6 is 0 Å². The zero-order valence-corrected chi connectivity index (χ0v) is 12.3. The smallest absolute Gasteiger partial charge is 0.334 e. The quantitative estimate of drug-likeness (QED) is 0.226. The molecule has 0 aromatic carbocycles. The van der Waals surface area contributed by atoms with Crippen LogP contribution in [-0.4, -0.2) is 64.4 Å².